The maximum Gasteiger partial charge on any atom is 0.245 e. The second kappa shape index (κ2) is 7.90. The summed E-state index contributed by atoms with van der Waals surface area (Å²) in [7, 11) is 1.84. The van der Waals surface area contributed by atoms with E-state index in [-0.39, 0.29) is 17.4 Å². The fourth-order valence-electron chi connectivity index (χ4n) is 7.13. The number of likely N-dealkylation sites (tertiary alicyclic amines) is 1. The quantitative estimate of drug-likeness (QED) is 0.718. The predicted molar refractivity (Wildman–Crippen MR) is 115 cm³/mol. The Morgan fingerprint density at radius 2 is 1.70 bits per heavy atom. The summed E-state index contributed by atoms with van der Waals surface area (Å²) in [6.07, 6.45) is 8.92. The zero-order valence-corrected chi connectivity index (χ0v) is 18.1. The van der Waals surface area contributed by atoms with Crippen molar-refractivity contribution < 1.29 is 14.3 Å². The minimum Gasteiger partial charge on any atom is -0.492 e. The molecule has 1 saturated heterocycles. The first-order valence-corrected chi connectivity index (χ1v) is 11.8. The third-order valence-electron chi connectivity index (χ3n) is 8.11. The van der Waals surface area contributed by atoms with Crippen LogP contribution in [-0.2, 0) is 9.59 Å². The van der Waals surface area contributed by atoms with E-state index >= 15 is 0 Å². The van der Waals surface area contributed by atoms with Crippen molar-refractivity contribution in [3.8, 4) is 5.75 Å². The average molecular weight is 411 g/mol. The lowest BCUT2D eigenvalue weighted by Gasteiger charge is -2.56. The van der Waals surface area contributed by atoms with E-state index in [9.17, 15) is 9.59 Å². The highest BCUT2D eigenvalue weighted by Gasteiger charge is 2.56. The van der Waals surface area contributed by atoms with Gasteiger partial charge in [-0.3, -0.25) is 9.59 Å². The molecule has 5 fully saturated rings. The van der Waals surface area contributed by atoms with Crippen molar-refractivity contribution in [1.82, 2.24) is 9.80 Å². The number of rotatable bonds is 6. The van der Waals surface area contributed by atoms with Gasteiger partial charge in [0, 0.05) is 13.6 Å². The molecule has 4 saturated carbocycles. The molecule has 1 aromatic rings. The molecule has 1 aromatic carbocycles. The van der Waals surface area contributed by atoms with Crippen molar-refractivity contribution in [1.29, 1.82) is 0 Å². The van der Waals surface area contributed by atoms with Crippen molar-refractivity contribution in [2.75, 3.05) is 26.7 Å². The lowest BCUT2D eigenvalue weighted by Crippen LogP contribution is -2.57. The Hall–Kier alpha value is -2.04. The van der Waals surface area contributed by atoms with Crippen LogP contribution in [0.1, 0.15) is 51.4 Å². The van der Waals surface area contributed by atoms with E-state index in [0.717, 1.165) is 62.2 Å². The maximum absolute atomic E-state index is 13.8. The van der Waals surface area contributed by atoms with Crippen LogP contribution in [0.15, 0.2) is 30.3 Å². The molecular formula is C25H34N2O3. The van der Waals surface area contributed by atoms with Crippen molar-refractivity contribution in [2.24, 2.45) is 23.2 Å². The third kappa shape index (κ3) is 3.61. The Labute approximate surface area is 179 Å². The van der Waals surface area contributed by atoms with Crippen LogP contribution < -0.4 is 4.74 Å². The molecule has 162 valence electrons. The van der Waals surface area contributed by atoms with Gasteiger partial charge in [0.25, 0.3) is 0 Å². The minimum atomic E-state index is -0.285. The molecule has 2 amide bonds. The largest absolute Gasteiger partial charge is 0.492 e. The monoisotopic (exact) mass is 410 g/mol. The summed E-state index contributed by atoms with van der Waals surface area (Å²) in [5.41, 5.74) is -0.160. The number of amides is 2. The van der Waals surface area contributed by atoms with E-state index in [2.05, 4.69) is 0 Å². The van der Waals surface area contributed by atoms with Gasteiger partial charge >= 0.3 is 0 Å². The Morgan fingerprint density at radius 3 is 2.33 bits per heavy atom. The molecule has 1 aliphatic heterocycles. The van der Waals surface area contributed by atoms with Gasteiger partial charge in [-0.05, 0) is 81.3 Å². The summed E-state index contributed by atoms with van der Waals surface area (Å²) >= 11 is 0. The molecule has 4 bridgehead atoms. The van der Waals surface area contributed by atoms with Gasteiger partial charge in [-0.25, -0.2) is 0 Å². The first-order valence-electron chi connectivity index (χ1n) is 11.8. The van der Waals surface area contributed by atoms with Gasteiger partial charge in [0.1, 0.15) is 18.4 Å². The fourth-order valence-corrected chi connectivity index (χ4v) is 7.13. The van der Waals surface area contributed by atoms with E-state index in [1.165, 1.54) is 19.3 Å². The van der Waals surface area contributed by atoms with E-state index in [0.29, 0.717) is 19.1 Å². The predicted octanol–water partition coefficient (Wildman–Crippen LogP) is 3.73. The Morgan fingerprint density at radius 1 is 1.07 bits per heavy atom. The Bertz CT molecular complexity index is 758. The van der Waals surface area contributed by atoms with E-state index in [1.54, 1.807) is 4.90 Å². The summed E-state index contributed by atoms with van der Waals surface area (Å²) in [5.74, 6) is 3.42. The van der Waals surface area contributed by atoms with Gasteiger partial charge in [0.15, 0.2) is 0 Å². The van der Waals surface area contributed by atoms with Gasteiger partial charge in [-0.15, -0.1) is 0 Å². The summed E-state index contributed by atoms with van der Waals surface area (Å²) < 4.78 is 5.75. The van der Waals surface area contributed by atoms with Crippen molar-refractivity contribution >= 4 is 11.8 Å². The van der Waals surface area contributed by atoms with Gasteiger partial charge in [0.05, 0.1) is 12.0 Å². The summed E-state index contributed by atoms with van der Waals surface area (Å²) in [6, 6.07) is 9.40. The second-order valence-electron chi connectivity index (χ2n) is 10.3. The molecule has 0 spiro atoms. The van der Waals surface area contributed by atoms with Crippen LogP contribution in [0.4, 0.5) is 0 Å². The van der Waals surface area contributed by atoms with Crippen LogP contribution >= 0.6 is 0 Å². The van der Waals surface area contributed by atoms with Crippen LogP contribution in [0, 0.1) is 23.2 Å². The van der Waals surface area contributed by atoms with E-state index in [4.69, 9.17) is 4.74 Å². The number of nitrogens with zero attached hydrogens (tertiary/aromatic N) is 2. The molecule has 1 unspecified atom stereocenters. The van der Waals surface area contributed by atoms with Crippen LogP contribution in [0.2, 0.25) is 0 Å². The van der Waals surface area contributed by atoms with Crippen LogP contribution in [0.25, 0.3) is 0 Å². The van der Waals surface area contributed by atoms with Gasteiger partial charge < -0.3 is 14.5 Å². The molecule has 5 heteroatoms. The first-order chi connectivity index (χ1) is 14.5. The standard InChI is InChI=1S/C25H34N2O3/c1-26(10-11-30-21-6-3-2-4-7-21)23(28)22-8-5-9-27(22)24(29)25-15-18-12-19(16-25)14-20(13-18)17-25/h2-4,6-7,18-20,22H,5,8-17H2,1H3. The molecule has 1 heterocycles. The zero-order valence-electron chi connectivity index (χ0n) is 18.1. The van der Waals surface area contributed by atoms with Crippen molar-refractivity contribution in [3.05, 3.63) is 30.3 Å². The highest BCUT2D eigenvalue weighted by Crippen LogP contribution is 2.60. The molecular weight excluding hydrogens is 376 g/mol. The normalized spacial score (nSPS) is 34.2. The van der Waals surface area contributed by atoms with Crippen LogP contribution in [0.3, 0.4) is 0 Å². The molecule has 1 atom stereocenters. The van der Waals surface area contributed by atoms with Crippen molar-refractivity contribution in [2.45, 2.75) is 57.4 Å². The number of hydrogen-bond donors (Lipinski definition) is 0. The highest BCUT2D eigenvalue weighted by molar-refractivity contribution is 5.91. The molecule has 0 N–H and O–H groups in total. The molecule has 0 radical (unpaired) electrons. The Balaban J connectivity index is 1.21. The van der Waals surface area contributed by atoms with Gasteiger partial charge in [-0.2, -0.15) is 0 Å². The number of benzene rings is 1. The fraction of sp³-hybridized carbons (Fsp3) is 0.680. The van der Waals surface area contributed by atoms with E-state index in [1.807, 2.05) is 42.3 Å². The molecule has 6 rings (SSSR count). The Kier molecular flexibility index (Phi) is 5.24. The topological polar surface area (TPSA) is 49.9 Å². The van der Waals surface area contributed by atoms with Crippen LogP contribution in [-0.4, -0.2) is 54.4 Å². The number of para-hydroxylation sites is 1. The van der Waals surface area contributed by atoms with Gasteiger partial charge in [0.2, 0.25) is 11.8 Å². The molecule has 4 aliphatic carbocycles. The summed E-state index contributed by atoms with van der Waals surface area (Å²) in [5, 5.41) is 0. The lowest BCUT2D eigenvalue weighted by molar-refractivity contribution is -0.161. The molecule has 5 aliphatic rings. The second-order valence-corrected chi connectivity index (χ2v) is 10.3. The smallest absolute Gasteiger partial charge is 0.245 e. The first kappa shape index (κ1) is 19.9. The molecule has 0 aromatic heterocycles. The lowest BCUT2D eigenvalue weighted by atomic mass is 9.49. The minimum absolute atomic E-state index is 0.0715. The molecule has 30 heavy (non-hydrogen) atoms. The highest BCUT2D eigenvalue weighted by atomic mass is 16.5. The third-order valence-corrected chi connectivity index (χ3v) is 8.11. The number of carbonyl (C=O) groups excluding carboxylic acids is 2. The van der Waals surface area contributed by atoms with Crippen molar-refractivity contribution in [3.63, 3.8) is 0 Å². The number of ether oxygens (including phenoxy) is 1. The SMILES string of the molecule is CN(CCOc1ccccc1)C(=O)C1CCCN1C(=O)C12CC3CC(CC(C3)C1)C2. The van der Waals surface area contributed by atoms with E-state index < -0.39 is 0 Å². The maximum atomic E-state index is 13.8. The zero-order chi connectivity index (χ0) is 20.7. The average Bonchev–Trinajstić information content (AvgIpc) is 3.22. The number of likely N-dealkylation sites (N-methyl/N-ethyl adjacent to an activating group) is 1. The number of hydrogen-bond acceptors (Lipinski definition) is 3. The number of carbonyl (C=O) groups is 2. The molecule has 5 nitrogen and oxygen atoms in total. The summed E-state index contributed by atoms with van der Waals surface area (Å²) in [6.45, 7) is 1.73. The van der Waals surface area contributed by atoms with Gasteiger partial charge in [-0.1, -0.05) is 18.2 Å². The summed E-state index contributed by atoms with van der Waals surface area (Å²) in [4.78, 5) is 30.7. The van der Waals surface area contributed by atoms with Crippen LogP contribution in [0.5, 0.6) is 5.75 Å².